The summed E-state index contributed by atoms with van der Waals surface area (Å²) in [5.41, 5.74) is 2.05. The lowest BCUT2D eigenvalue weighted by Gasteiger charge is -2.16. The summed E-state index contributed by atoms with van der Waals surface area (Å²) in [6, 6.07) is 20.0. The Morgan fingerprint density at radius 3 is 2.54 bits per heavy atom. The molecule has 0 spiro atoms. The molecule has 0 fully saturated rings. The molecule has 0 aliphatic rings. The van der Waals surface area contributed by atoms with Gasteiger partial charge < -0.3 is 15.2 Å². The van der Waals surface area contributed by atoms with E-state index < -0.39 is 0 Å². The molecule has 0 saturated carbocycles. The zero-order valence-corrected chi connectivity index (χ0v) is 16.2. The maximum atomic E-state index is 9.49. The van der Waals surface area contributed by atoms with Crippen molar-refractivity contribution in [2.75, 3.05) is 6.54 Å². The van der Waals surface area contributed by atoms with Crippen molar-refractivity contribution in [1.29, 1.82) is 0 Å². The van der Waals surface area contributed by atoms with Crippen LogP contribution in [-0.4, -0.2) is 17.8 Å². The predicted molar refractivity (Wildman–Crippen MR) is 110 cm³/mol. The van der Waals surface area contributed by atoms with Crippen molar-refractivity contribution in [3.63, 3.8) is 0 Å². The lowest BCUT2D eigenvalue weighted by Crippen LogP contribution is -2.24. The molecule has 0 aliphatic heterocycles. The maximum Gasteiger partial charge on any atom is 0.124 e. The minimum Gasteiger partial charge on any atom is -0.488 e. The summed E-state index contributed by atoms with van der Waals surface area (Å²) in [6.07, 6.45) is -0.387. The van der Waals surface area contributed by atoms with Gasteiger partial charge in [0, 0.05) is 29.2 Å². The first-order valence-electron chi connectivity index (χ1n) is 8.41. The second kappa shape index (κ2) is 9.79. The van der Waals surface area contributed by atoms with E-state index in [-0.39, 0.29) is 18.5 Å². The van der Waals surface area contributed by atoms with E-state index in [4.69, 9.17) is 16.3 Å². The van der Waals surface area contributed by atoms with Gasteiger partial charge in [-0.15, -0.1) is 12.4 Å². The summed E-state index contributed by atoms with van der Waals surface area (Å²) < 4.78 is 6.08. The van der Waals surface area contributed by atoms with Crippen molar-refractivity contribution in [2.45, 2.75) is 26.2 Å². The number of rotatable bonds is 7. The molecule has 0 bridgehead atoms. The van der Waals surface area contributed by atoms with Gasteiger partial charge in [-0.2, -0.15) is 0 Å². The lowest BCUT2D eigenvalue weighted by atomic mass is 10.0. The summed E-state index contributed by atoms with van der Waals surface area (Å²) in [5, 5.41) is 15.8. The summed E-state index contributed by atoms with van der Waals surface area (Å²) in [5.74, 6) is 0.830. The first kappa shape index (κ1) is 20.5. The largest absolute Gasteiger partial charge is 0.488 e. The minimum atomic E-state index is -0.387. The van der Waals surface area contributed by atoms with E-state index in [1.54, 1.807) is 6.92 Å². The number of halogens is 2. The van der Waals surface area contributed by atoms with Crippen LogP contribution in [0.15, 0.2) is 60.7 Å². The molecule has 0 heterocycles. The number of hydrogen-bond donors (Lipinski definition) is 2. The van der Waals surface area contributed by atoms with Crippen LogP contribution in [0.1, 0.15) is 18.1 Å². The van der Waals surface area contributed by atoms with Crippen LogP contribution in [0.2, 0.25) is 5.02 Å². The summed E-state index contributed by atoms with van der Waals surface area (Å²) in [6.45, 7) is 3.35. The third-order valence-electron chi connectivity index (χ3n) is 4.08. The van der Waals surface area contributed by atoms with Crippen molar-refractivity contribution in [3.8, 4) is 5.75 Å². The van der Waals surface area contributed by atoms with Gasteiger partial charge in [-0.1, -0.05) is 60.1 Å². The standard InChI is InChI=1S/C21H22ClNO2.ClH/c1-15(24)12-23-13-19-18-8-4-2-6-16(18)10-11-21(19)25-14-17-7-3-5-9-20(17)22;/h2-11,15,23-24H,12-14H2,1H3;1H. The SMILES string of the molecule is CC(O)CNCc1c(OCc2ccccc2Cl)ccc2ccccc12.Cl. The van der Waals surface area contributed by atoms with E-state index in [9.17, 15) is 5.11 Å². The fraction of sp³-hybridized carbons (Fsp3) is 0.238. The highest BCUT2D eigenvalue weighted by Crippen LogP contribution is 2.29. The quantitative estimate of drug-likeness (QED) is 0.597. The van der Waals surface area contributed by atoms with Crippen molar-refractivity contribution >= 4 is 34.8 Å². The van der Waals surface area contributed by atoms with Gasteiger partial charge in [0.05, 0.1) is 6.10 Å². The molecular weight excluding hydrogens is 369 g/mol. The number of fused-ring (bicyclic) bond motifs is 1. The van der Waals surface area contributed by atoms with Gasteiger partial charge in [0.15, 0.2) is 0 Å². The van der Waals surface area contributed by atoms with E-state index in [0.29, 0.717) is 24.7 Å². The molecule has 138 valence electrons. The highest BCUT2D eigenvalue weighted by molar-refractivity contribution is 6.31. The molecule has 5 heteroatoms. The van der Waals surface area contributed by atoms with E-state index in [0.717, 1.165) is 22.3 Å². The Hall–Kier alpha value is -1.78. The molecule has 2 N–H and O–H groups in total. The fourth-order valence-corrected chi connectivity index (χ4v) is 3.00. The number of aliphatic hydroxyl groups is 1. The van der Waals surface area contributed by atoms with Gasteiger partial charge in [-0.3, -0.25) is 0 Å². The molecule has 0 aromatic heterocycles. The van der Waals surface area contributed by atoms with Crippen LogP contribution >= 0.6 is 24.0 Å². The van der Waals surface area contributed by atoms with Gasteiger partial charge in [0.2, 0.25) is 0 Å². The van der Waals surface area contributed by atoms with Crippen LogP contribution in [0.4, 0.5) is 0 Å². The monoisotopic (exact) mass is 391 g/mol. The van der Waals surface area contributed by atoms with Crippen LogP contribution in [-0.2, 0) is 13.2 Å². The van der Waals surface area contributed by atoms with E-state index in [1.165, 1.54) is 5.39 Å². The third kappa shape index (κ3) is 5.12. The molecule has 0 radical (unpaired) electrons. The van der Waals surface area contributed by atoms with Gasteiger partial charge in [0.1, 0.15) is 12.4 Å². The van der Waals surface area contributed by atoms with Gasteiger partial charge in [-0.05, 0) is 29.8 Å². The molecular formula is C21H23Cl2NO2. The normalized spacial score (nSPS) is 11.8. The van der Waals surface area contributed by atoms with Gasteiger partial charge >= 0.3 is 0 Å². The van der Waals surface area contributed by atoms with Crippen molar-refractivity contribution in [1.82, 2.24) is 5.32 Å². The lowest BCUT2D eigenvalue weighted by molar-refractivity contribution is 0.190. The van der Waals surface area contributed by atoms with Crippen LogP contribution in [0.3, 0.4) is 0 Å². The summed E-state index contributed by atoms with van der Waals surface area (Å²) in [4.78, 5) is 0. The number of nitrogens with one attached hydrogen (secondary N) is 1. The van der Waals surface area contributed by atoms with Crippen molar-refractivity contribution in [3.05, 3.63) is 76.8 Å². The van der Waals surface area contributed by atoms with Crippen LogP contribution in [0.5, 0.6) is 5.75 Å². The topological polar surface area (TPSA) is 41.5 Å². The maximum absolute atomic E-state index is 9.49. The van der Waals surface area contributed by atoms with Gasteiger partial charge in [-0.25, -0.2) is 0 Å². The average Bonchev–Trinajstić information content (AvgIpc) is 2.61. The molecule has 3 rings (SSSR count). The second-order valence-corrected chi connectivity index (χ2v) is 6.53. The Balaban J connectivity index is 0.00000243. The average molecular weight is 392 g/mol. The van der Waals surface area contributed by atoms with Crippen molar-refractivity contribution in [2.24, 2.45) is 0 Å². The Kier molecular flexibility index (Phi) is 7.73. The minimum absolute atomic E-state index is 0. The number of benzene rings is 3. The Morgan fingerprint density at radius 1 is 1.04 bits per heavy atom. The molecule has 3 aromatic carbocycles. The highest BCUT2D eigenvalue weighted by Gasteiger charge is 2.10. The molecule has 1 unspecified atom stereocenters. The molecule has 26 heavy (non-hydrogen) atoms. The first-order chi connectivity index (χ1) is 12.1. The molecule has 3 aromatic rings. The number of ether oxygens (including phenoxy) is 1. The van der Waals surface area contributed by atoms with Crippen molar-refractivity contribution < 1.29 is 9.84 Å². The highest BCUT2D eigenvalue weighted by atomic mass is 35.5. The zero-order valence-electron chi connectivity index (χ0n) is 14.6. The summed E-state index contributed by atoms with van der Waals surface area (Å²) in [7, 11) is 0. The first-order valence-corrected chi connectivity index (χ1v) is 8.78. The van der Waals surface area contributed by atoms with E-state index in [2.05, 4.69) is 23.5 Å². The smallest absolute Gasteiger partial charge is 0.124 e. The number of hydrogen-bond acceptors (Lipinski definition) is 3. The van der Waals surface area contributed by atoms with Crippen LogP contribution in [0, 0.1) is 0 Å². The number of aliphatic hydroxyl groups excluding tert-OH is 1. The Bertz CT molecular complexity index is 852. The van der Waals surface area contributed by atoms with E-state index >= 15 is 0 Å². The van der Waals surface area contributed by atoms with Crippen LogP contribution in [0.25, 0.3) is 10.8 Å². The van der Waals surface area contributed by atoms with Crippen LogP contribution < -0.4 is 10.1 Å². The molecule has 0 aliphatic carbocycles. The zero-order chi connectivity index (χ0) is 17.6. The summed E-state index contributed by atoms with van der Waals surface area (Å²) >= 11 is 6.22. The molecule has 3 nitrogen and oxygen atoms in total. The molecule has 1 atom stereocenters. The Morgan fingerprint density at radius 2 is 1.77 bits per heavy atom. The second-order valence-electron chi connectivity index (χ2n) is 6.12. The predicted octanol–water partition coefficient (Wildman–Crippen LogP) is 4.96. The Labute approximate surface area is 165 Å². The van der Waals surface area contributed by atoms with E-state index in [1.807, 2.05) is 42.5 Å². The third-order valence-corrected chi connectivity index (χ3v) is 4.45. The molecule has 0 amide bonds. The fourth-order valence-electron chi connectivity index (χ4n) is 2.81. The molecule has 0 saturated heterocycles. The van der Waals surface area contributed by atoms with Gasteiger partial charge in [0.25, 0.3) is 0 Å².